The van der Waals surface area contributed by atoms with Crippen LogP contribution < -0.4 is 9.64 Å². The van der Waals surface area contributed by atoms with E-state index < -0.39 is 23.3 Å². The third-order valence-electron chi connectivity index (χ3n) is 10.9. The summed E-state index contributed by atoms with van der Waals surface area (Å²) in [5.41, 5.74) is 0.0488. The molecule has 8 nitrogen and oxygen atoms in total. The Morgan fingerprint density at radius 1 is 1.13 bits per heavy atom. The number of fused-ring (bicyclic) bond motifs is 3. The van der Waals surface area contributed by atoms with Crippen LogP contribution in [0.3, 0.4) is 0 Å². The van der Waals surface area contributed by atoms with E-state index in [1.165, 1.54) is 24.4 Å². The van der Waals surface area contributed by atoms with Gasteiger partial charge in [-0.05, 0) is 79.6 Å². The van der Waals surface area contributed by atoms with Crippen LogP contribution in [0.5, 0.6) is 11.8 Å². The van der Waals surface area contributed by atoms with E-state index in [1.54, 1.807) is 6.07 Å². The number of nitrogens with zero attached hydrogens (tertiary/aromatic N) is 6. The minimum Gasteiger partial charge on any atom is -0.508 e. The van der Waals surface area contributed by atoms with Gasteiger partial charge in [0.2, 0.25) is 0 Å². The molecule has 2 aromatic heterocycles. The maximum absolute atomic E-state index is 16.9. The number of hydrogen-bond donors (Lipinski definition) is 1. The van der Waals surface area contributed by atoms with Crippen LogP contribution >= 0.6 is 0 Å². The Morgan fingerprint density at radius 3 is 2.78 bits per heavy atom. The number of halogens is 3. The molecule has 4 atom stereocenters. The van der Waals surface area contributed by atoms with Crippen LogP contribution in [0.2, 0.25) is 0 Å². The monoisotopic (exact) mass is 628 g/mol. The lowest BCUT2D eigenvalue weighted by Gasteiger charge is -2.35. The van der Waals surface area contributed by atoms with Gasteiger partial charge in [0, 0.05) is 43.2 Å². The van der Waals surface area contributed by atoms with Crippen molar-refractivity contribution in [3.05, 3.63) is 47.7 Å². The van der Waals surface area contributed by atoms with E-state index >= 15 is 4.39 Å². The summed E-state index contributed by atoms with van der Waals surface area (Å²) in [6, 6.07) is 8.26. The molecule has 238 valence electrons. The molecule has 4 fully saturated rings. The number of phenolic OH excluding ortho intramolecular Hbond substituents is 1. The molecule has 46 heavy (non-hydrogen) atoms. The molecule has 0 radical (unpaired) electrons. The second-order valence-electron chi connectivity index (χ2n) is 13.6. The number of benzene rings is 2. The van der Waals surface area contributed by atoms with Crippen molar-refractivity contribution >= 4 is 27.5 Å². The van der Waals surface area contributed by atoms with Crippen molar-refractivity contribution in [3.63, 3.8) is 0 Å². The zero-order valence-electron chi connectivity index (χ0n) is 25.7. The maximum Gasteiger partial charge on any atom is 0.319 e. The Balaban J connectivity index is 1.27. The Kier molecular flexibility index (Phi) is 6.80. The van der Waals surface area contributed by atoms with E-state index in [9.17, 15) is 19.1 Å². The molecule has 4 aliphatic rings. The Morgan fingerprint density at radius 2 is 1.98 bits per heavy atom. The summed E-state index contributed by atoms with van der Waals surface area (Å²) in [5, 5.41) is 21.7. The number of ether oxygens (including phenoxy) is 1. The zero-order chi connectivity index (χ0) is 31.8. The number of alkyl halides is 1. The number of aromatic hydroxyl groups is 1. The predicted octanol–water partition coefficient (Wildman–Crippen LogP) is 6.48. The minimum absolute atomic E-state index is 0.00114. The van der Waals surface area contributed by atoms with E-state index in [2.05, 4.69) is 25.8 Å². The molecule has 2 aromatic carbocycles. The minimum atomic E-state index is -0.922. The van der Waals surface area contributed by atoms with E-state index in [0.717, 1.165) is 38.6 Å². The predicted molar refractivity (Wildman–Crippen MR) is 167 cm³/mol. The van der Waals surface area contributed by atoms with Crippen molar-refractivity contribution in [2.75, 3.05) is 37.7 Å². The molecule has 1 spiro atoms. The average Bonchev–Trinajstić information content (AvgIpc) is 3.40. The van der Waals surface area contributed by atoms with Crippen LogP contribution in [-0.2, 0) is 6.42 Å². The molecule has 5 heterocycles. The van der Waals surface area contributed by atoms with Gasteiger partial charge in [-0.25, -0.2) is 13.2 Å². The molecular formula is C35H35F3N6O2. The fourth-order valence-electron chi connectivity index (χ4n) is 8.52. The van der Waals surface area contributed by atoms with Gasteiger partial charge in [-0.3, -0.25) is 9.88 Å². The number of hydrogen-bond acceptors (Lipinski definition) is 8. The van der Waals surface area contributed by atoms with Gasteiger partial charge in [-0.1, -0.05) is 13.0 Å². The second kappa shape index (κ2) is 10.7. The summed E-state index contributed by atoms with van der Waals surface area (Å²) in [6.45, 7) is 4.49. The van der Waals surface area contributed by atoms with Crippen LogP contribution in [0.15, 0.2) is 30.5 Å². The largest absolute Gasteiger partial charge is 0.508 e. The molecule has 8 rings (SSSR count). The Hall–Kier alpha value is -4.17. The third-order valence-corrected chi connectivity index (χ3v) is 10.9. The van der Waals surface area contributed by atoms with Crippen molar-refractivity contribution < 1.29 is 23.0 Å². The van der Waals surface area contributed by atoms with Gasteiger partial charge in [0.1, 0.15) is 41.4 Å². The van der Waals surface area contributed by atoms with Crippen LogP contribution in [0, 0.1) is 34.3 Å². The number of aromatic nitrogens is 3. The fraction of sp³-hybridized carbons (Fsp3) is 0.486. The summed E-state index contributed by atoms with van der Waals surface area (Å²) in [7, 11) is 0. The van der Waals surface area contributed by atoms with Crippen molar-refractivity contribution in [1.82, 2.24) is 19.9 Å². The molecule has 3 aliphatic heterocycles. The second-order valence-corrected chi connectivity index (χ2v) is 13.6. The summed E-state index contributed by atoms with van der Waals surface area (Å²) in [4.78, 5) is 18.2. The van der Waals surface area contributed by atoms with Crippen molar-refractivity contribution in [2.45, 2.75) is 63.6 Å². The highest BCUT2D eigenvalue weighted by molar-refractivity contribution is 6.01. The molecule has 1 N–H and O–H groups in total. The average molecular weight is 629 g/mol. The number of nitriles is 1. The van der Waals surface area contributed by atoms with Gasteiger partial charge in [0.25, 0.3) is 0 Å². The number of aryl methyl sites for hydroxylation is 1. The van der Waals surface area contributed by atoms with Gasteiger partial charge in [-0.2, -0.15) is 15.2 Å². The Bertz CT molecular complexity index is 1930. The quantitative estimate of drug-likeness (QED) is 0.259. The lowest BCUT2D eigenvalue weighted by atomic mass is 9.92. The zero-order valence-corrected chi connectivity index (χ0v) is 25.7. The summed E-state index contributed by atoms with van der Waals surface area (Å²) in [5.74, 6) is -0.778. The van der Waals surface area contributed by atoms with Crippen LogP contribution in [0.1, 0.15) is 51.0 Å². The third kappa shape index (κ3) is 4.55. The first kappa shape index (κ1) is 29.2. The van der Waals surface area contributed by atoms with Crippen LogP contribution in [-0.4, -0.2) is 69.5 Å². The van der Waals surface area contributed by atoms with Gasteiger partial charge >= 0.3 is 6.01 Å². The molecule has 11 heteroatoms. The van der Waals surface area contributed by atoms with Crippen molar-refractivity contribution in [2.24, 2.45) is 11.3 Å². The molecule has 0 amide bonds. The highest BCUT2D eigenvalue weighted by Crippen LogP contribution is 2.58. The van der Waals surface area contributed by atoms with Gasteiger partial charge in [0.05, 0.1) is 22.9 Å². The van der Waals surface area contributed by atoms with Crippen LogP contribution in [0.4, 0.5) is 19.0 Å². The summed E-state index contributed by atoms with van der Waals surface area (Å²) >= 11 is 0. The molecule has 4 aromatic rings. The molecule has 3 saturated heterocycles. The number of rotatable bonds is 6. The molecule has 0 bridgehead atoms. The van der Waals surface area contributed by atoms with E-state index in [4.69, 9.17) is 9.72 Å². The highest BCUT2D eigenvalue weighted by atomic mass is 19.1. The van der Waals surface area contributed by atoms with E-state index in [0.29, 0.717) is 60.0 Å². The number of piperidine rings is 1. The van der Waals surface area contributed by atoms with Gasteiger partial charge in [0.15, 0.2) is 5.82 Å². The summed E-state index contributed by atoms with van der Waals surface area (Å²) in [6.07, 6.45) is 5.76. The smallest absolute Gasteiger partial charge is 0.319 e. The first-order valence-corrected chi connectivity index (χ1v) is 16.2. The lowest BCUT2D eigenvalue weighted by molar-refractivity contribution is 0.107. The Labute approximate surface area is 264 Å². The molecule has 1 aliphatic carbocycles. The highest BCUT2D eigenvalue weighted by Gasteiger charge is 2.56. The lowest BCUT2D eigenvalue weighted by Crippen LogP contribution is -2.43. The fourth-order valence-corrected chi connectivity index (χ4v) is 8.52. The molecule has 2 unspecified atom stereocenters. The maximum atomic E-state index is 16.9. The van der Waals surface area contributed by atoms with E-state index in [1.807, 2.05) is 6.92 Å². The normalized spacial score (nSPS) is 27.4. The first-order chi connectivity index (χ1) is 22.2. The standard InChI is InChI=1S/C35H35F3N6O2/c1-2-24-27(37)6-5-20-11-23(45)12-25(28(20)24)30-29(38)31-26(16-40-30)32(43-9-3-7-34(18-43)13-21(34)15-39)42-33(41-31)46-19-35-8-4-10-44(35)17-22(36)14-35/h5-6,11-12,16,21-22,45H,2-4,7-10,13-14,17-19H2,1H3/t21?,22-,34?,35+/m1/s1. The van der Waals surface area contributed by atoms with E-state index in [-0.39, 0.29) is 46.5 Å². The van der Waals surface area contributed by atoms with Gasteiger partial charge < -0.3 is 14.7 Å². The molecular weight excluding hydrogens is 593 g/mol. The van der Waals surface area contributed by atoms with Gasteiger partial charge in [-0.15, -0.1) is 0 Å². The number of anilines is 1. The summed E-state index contributed by atoms with van der Waals surface area (Å²) < 4.78 is 52.6. The number of pyridine rings is 1. The topological polar surface area (TPSA) is 98.4 Å². The van der Waals surface area contributed by atoms with Crippen LogP contribution in [0.25, 0.3) is 32.9 Å². The first-order valence-electron chi connectivity index (χ1n) is 16.2. The number of phenols is 1. The molecule has 1 saturated carbocycles. The van der Waals surface area contributed by atoms with Crippen molar-refractivity contribution in [1.29, 1.82) is 5.26 Å². The van der Waals surface area contributed by atoms with Crippen molar-refractivity contribution in [3.8, 4) is 29.1 Å². The SMILES string of the molecule is CCc1c(F)ccc2cc(O)cc(-c3ncc4c(N5CCCC6(CC6C#N)C5)nc(OC[C@@]56CCCN5C[C@H](F)C6)nc4c3F)c12.